The normalized spacial score (nSPS) is 13.2. The predicted octanol–water partition coefficient (Wildman–Crippen LogP) is 2.99. The van der Waals surface area contributed by atoms with Crippen molar-refractivity contribution in [2.75, 3.05) is 10.6 Å². The Balaban J connectivity index is 2.10. The monoisotopic (exact) mass is 284 g/mol. The van der Waals surface area contributed by atoms with Crippen LogP contribution in [0.2, 0.25) is 0 Å². The number of carbonyl (C=O) groups is 1. The SMILES string of the molecule is N#CC(C#N)=C1Nc2cccc3c2-c2c(cccc2C3=O)N1. The molecule has 0 aromatic heterocycles. The molecule has 22 heavy (non-hydrogen) atoms. The summed E-state index contributed by atoms with van der Waals surface area (Å²) in [7, 11) is 0. The number of rotatable bonds is 0. The summed E-state index contributed by atoms with van der Waals surface area (Å²) >= 11 is 0. The Morgan fingerprint density at radius 2 is 1.36 bits per heavy atom. The van der Waals surface area contributed by atoms with Crippen LogP contribution in [0.3, 0.4) is 0 Å². The van der Waals surface area contributed by atoms with Crippen molar-refractivity contribution >= 4 is 17.2 Å². The highest BCUT2D eigenvalue weighted by Crippen LogP contribution is 2.47. The van der Waals surface area contributed by atoms with Crippen LogP contribution in [0.1, 0.15) is 15.9 Å². The molecule has 0 saturated carbocycles. The van der Waals surface area contributed by atoms with Crippen molar-refractivity contribution in [1.29, 1.82) is 10.5 Å². The fourth-order valence-corrected chi connectivity index (χ4v) is 2.94. The van der Waals surface area contributed by atoms with Crippen molar-refractivity contribution in [3.8, 4) is 23.3 Å². The minimum atomic E-state index is -0.0403. The van der Waals surface area contributed by atoms with Crippen LogP contribution >= 0.6 is 0 Å². The first-order valence-electron chi connectivity index (χ1n) is 6.64. The molecule has 5 heteroatoms. The molecular weight excluding hydrogens is 276 g/mol. The Morgan fingerprint density at radius 3 is 1.82 bits per heavy atom. The lowest BCUT2D eigenvalue weighted by atomic mass is 10.0. The van der Waals surface area contributed by atoms with Crippen molar-refractivity contribution in [3.63, 3.8) is 0 Å². The first kappa shape index (κ1) is 12.2. The van der Waals surface area contributed by atoms with Gasteiger partial charge in [0, 0.05) is 33.6 Å². The van der Waals surface area contributed by atoms with Crippen molar-refractivity contribution < 1.29 is 4.79 Å². The maximum absolute atomic E-state index is 12.5. The quantitative estimate of drug-likeness (QED) is 0.619. The number of hydrogen-bond acceptors (Lipinski definition) is 5. The van der Waals surface area contributed by atoms with Gasteiger partial charge in [0.25, 0.3) is 0 Å². The second-order valence-electron chi connectivity index (χ2n) is 5.01. The van der Waals surface area contributed by atoms with E-state index >= 15 is 0 Å². The van der Waals surface area contributed by atoms with E-state index in [-0.39, 0.29) is 11.4 Å². The van der Waals surface area contributed by atoms with Gasteiger partial charge in [-0.25, -0.2) is 0 Å². The number of ketones is 1. The van der Waals surface area contributed by atoms with Crippen LogP contribution in [0.4, 0.5) is 11.4 Å². The van der Waals surface area contributed by atoms with Gasteiger partial charge in [-0.1, -0.05) is 24.3 Å². The van der Waals surface area contributed by atoms with Gasteiger partial charge in [-0.3, -0.25) is 4.79 Å². The number of hydrogen-bond donors (Lipinski definition) is 2. The Labute approximate surface area is 126 Å². The topological polar surface area (TPSA) is 88.7 Å². The molecule has 1 aliphatic carbocycles. The molecule has 0 fully saturated rings. The number of allylic oxidation sites excluding steroid dienone is 1. The molecule has 0 amide bonds. The van der Waals surface area contributed by atoms with Crippen molar-refractivity contribution in [1.82, 2.24) is 0 Å². The Morgan fingerprint density at radius 1 is 0.864 bits per heavy atom. The lowest BCUT2D eigenvalue weighted by Gasteiger charge is -2.11. The van der Waals surface area contributed by atoms with Crippen LogP contribution < -0.4 is 10.6 Å². The van der Waals surface area contributed by atoms with E-state index in [2.05, 4.69) is 10.6 Å². The molecule has 2 aliphatic rings. The standard InChI is InChI=1S/C17H8N4O/c18-7-9(8-19)17-20-12-5-1-3-10-14(12)15-11(16(10)22)4-2-6-13(15)21-17/h1-6,20-21H. The highest BCUT2D eigenvalue weighted by atomic mass is 16.1. The number of carbonyl (C=O) groups excluding carboxylic acids is 1. The summed E-state index contributed by atoms with van der Waals surface area (Å²) in [6.45, 7) is 0. The average Bonchev–Trinajstić information content (AvgIpc) is 2.73. The highest BCUT2D eigenvalue weighted by Gasteiger charge is 2.33. The summed E-state index contributed by atoms with van der Waals surface area (Å²) in [4.78, 5) is 12.5. The van der Waals surface area contributed by atoms with Crippen LogP contribution in [0.5, 0.6) is 0 Å². The molecule has 0 spiro atoms. The van der Waals surface area contributed by atoms with E-state index in [1.807, 2.05) is 24.3 Å². The third-order valence-electron chi connectivity index (χ3n) is 3.86. The van der Waals surface area contributed by atoms with E-state index in [9.17, 15) is 4.79 Å². The molecule has 0 saturated heterocycles. The zero-order chi connectivity index (χ0) is 15.3. The van der Waals surface area contributed by atoms with E-state index in [0.29, 0.717) is 28.3 Å². The maximum Gasteiger partial charge on any atom is 0.194 e. The number of benzene rings is 2. The summed E-state index contributed by atoms with van der Waals surface area (Å²) in [5.41, 5.74) is 4.27. The fraction of sp³-hybridized carbons (Fsp3) is 0. The third kappa shape index (κ3) is 1.42. The van der Waals surface area contributed by atoms with Crippen LogP contribution in [-0.4, -0.2) is 5.78 Å². The molecule has 4 rings (SSSR count). The lowest BCUT2D eigenvalue weighted by Crippen LogP contribution is -2.11. The zero-order valence-corrected chi connectivity index (χ0v) is 11.3. The maximum atomic E-state index is 12.5. The van der Waals surface area contributed by atoms with Crippen molar-refractivity contribution in [2.45, 2.75) is 0 Å². The summed E-state index contributed by atoms with van der Waals surface area (Å²) in [5.74, 6) is 0.319. The van der Waals surface area contributed by atoms with Crippen LogP contribution in [0.15, 0.2) is 47.8 Å². The van der Waals surface area contributed by atoms with Gasteiger partial charge >= 0.3 is 0 Å². The molecule has 2 aromatic carbocycles. The smallest absolute Gasteiger partial charge is 0.194 e. The van der Waals surface area contributed by atoms with Gasteiger partial charge in [-0.15, -0.1) is 0 Å². The Bertz CT molecular complexity index is 898. The third-order valence-corrected chi connectivity index (χ3v) is 3.86. The summed E-state index contributed by atoms with van der Waals surface area (Å²) in [6.07, 6.45) is 0. The second kappa shape index (κ2) is 4.21. The van der Waals surface area contributed by atoms with Crippen molar-refractivity contribution in [2.24, 2.45) is 0 Å². The van der Waals surface area contributed by atoms with Crippen LogP contribution in [0.25, 0.3) is 11.1 Å². The molecular formula is C17H8N4O. The van der Waals surface area contributed by atoms with Crippen LogP contribution in [-0.2, 0) is 0 Å². The van der Waals surface area contributed by atoms with Gasteiger partial charge in [0.2, 0.25) is 0 Å². The van der Waals surface area contributed by atoms with E-state index in [4.69, 9.17) is 10.5 Å². The first-order chi connectivity index (χ1) is 10.7. The van der Waals surface area contributed by atoms with Gasteiger partial charge in [0.05, 0.1) is 0 Å². The van der Waals surface area contributed by atoms with Crippen molar-refractivity contribution in [3.05, 3.63) is 58.9 Å². The van der Waals surface area contributed by atoms with E-state index in [1.165, 1.54) is 0 Å². The lowest BCUT2D eigenvalue weighted by molar-refractivity contribution is 0.104. The molecule has 1 heterocycles. The molecule has 0 radical (unpaired) electrons. The number of nitrogens with one attached hydrogen (secondary N) is 2. The molecule has 1 aliphatic heterocycles. The summed E-state index contributed by atoms with van der Waals surface area (Å²) in [6, 6.07) is 14.6. The Hall–Kier alpha value is -3.57. The zero-order valence-electron chi connectivity index (χ0n) is 11.3. The molecule has 0 unspecified atom stereocenters. The summed E-state index contributed by atoms with van der Waals surface area (Å²) in [5, 5.41) is 24.4. The Kier molecular flexibility index (Phi) is 2.33. The molecule has 102 valence electrons. The molecule has 2 N–H and O–H groups in total. The predicted molar refractivity (Wildman–Crippen MR) is 80.8 cm³/mol. The molecule has 5 nitrogen and oxygen atoms in total. The summed E-state index contributed by atoms with van der Waals surface area (Å²) < 4.78 is 0. The minimum absolute atomic E-state index is 0.00878. The number of nitrogens with zero attached hydrogens (tertiary/aromatic N) is 2. The molecule has 2 aromatic rings. The first-order valence-corrected chi connectivity index (χ1v) is 6.64. The largest absolute Gasteiger partial charge is 0.340 e. The molecule has 0 atom stereocenters. The average molecular weight is 284 g/mol. The van der Waals surface area contributed by atoms with E-state index in [1.54, 1.807) is 24.3 Å². The van der Waals surface area contributed by atoms with E-state index in [0.717, 1.165) is 11.1 Å². The van der Waals surface area contributed by atoms with Gasteiger partial charge in [0.1, 0.15) is 18.0 Å². The molecule has 0 bridgehead atoms. The fourth-order valence-electron chi connectivity index (χ4n) is 2.94. The van der Waals surface area contributed by atoms with Gasteiger partial charge < -0.3 is 10.6 Å². The highest BCUT2D eigenvalue weighted by molar-refractivity contribution is 6.25. The van der Waals surface area contributed by atoms with Gasteiger partial charge in [-0.05, 0) is 12.1 Å². The second-order valence-corrected chi connectivity index (χ2v) is 5.01. The minimum Gasteiger partial charge on any atom is -0.340 e. The van der Waals surface area contributed by atoms with Gasteiger partial charge in [-0.2, -0.15) is 10.5 Å². The van der Waals surface area contributed by atoms with Gasteiger partial charge in [0.15, 0.2) is 11.4 Å². The number of anilines is 2. The number of nitriles is 2. The van der Waals surface area contributed by atoms with E-state index < -0.39 is 0 Å². The van der Waals surface area contributed by atoms with Crippen LogP contribution in [0, 0.1) is 22.7 Å².